The highest BCUT2D eigenvalue weighted by Gasteiger charge is 2.22. The summed E-state index contributed by atoms with van der Waals surface area (Å²) < 4.78 is 10.7. The molecule has 0 radical (unpaired) electrons. The van der Waals surface area contributed by atoms with Crippen LogP contribution in [0.5, 0.6) is 11.6 Å². The average molecular weight is 421 g/mol. The van der Waals surface area contributed by atoms with Crippen LogP contribution in [0.25, 0.3) is 11.3 Å². The second-order valence-corrected chi connectivity index (χ2v) is 6.84. The van der Waals surface area contributed by atoms with Gasteiger partial charge in [0.15, 0.2) is 0 Å². The second-order valence-electron chi connectivity index (χ2n) is 6.84. The van der Waals surface area contributed by atoms with E-state index in [0.717, 1.165) is 5.56 Å². The molecule has 0 saturated heterocycles. The zero-order chi connectivity index (χ0) is 22.4. The molecule has 0 saturated carbocycles. The number of aryl methyl sites for hydroxylation is 1. The third-order valence-electron chi connectivity index (χ3n) is 4.69. The van der Waals surface area contributed by atoms with Gasteiger partial charge in [0.05, 0.1) is 32.2 Å². The molecule has 1 atom stereocenters. The van der Waals surface area contributed by atoms with Gasteiger partial charge in [0.1, 0.15) is 17.1 Å². The van der Waals surface area contributed by atoms with Crippen molar-refractivity contribution in [1.29, 1.82) is 0 Å². The third-order valence-corrected chi connectivity index (χ3v) is 4.69. The largest absolute Gasteiger partial charge is 0.494 e. The molecule has 2 N–H and O–H groups in total. The van der Waals surface area contributed by atoms with Crippen LogP contribution in [0.4, 0.5) is 0 Å². The Morgan fingerprint density at radius 2 is 1.81 bits per heavy atom. The van der Waals surface area contributed by atoms with Gasteiger partial charge >= 0.3 is 5.97 Å². The Balaban J connectivity index is 1.95. The number of methoxy groups -OCH3 is 2. The van der Waals surface area contributed by atoms with Crippen LogP contribution in [0, 0.1) is 6.92 Å². The number of nitrogens with zero attached hydrogens (tertiary/aromatic N) is 2. The van der Waals surface area contributed by atoms with Gasteiger partial charge in [-0.25, -0.2) is 9.97 Å². The van der Waals surface area contributed by atoms with Crippen LogP contribution in [-0.4, -0.2) is 41.2 Å². The lowest BCUT2D eigenvalue weighted by Gasteiger charge is -2.18. The van der Waals surface area contributed by atoms with Gasteiger partial charge in [-0.15, -0.1) is 0 Å². The molecule has 1 aromatic carbocycles. The summed E-state index contributed by atoms with van der Waals surface area (Å²) in [6, 6.07) is 13.3. The number of carboxylic acid groups (broad SMARTS) is 1. The summed E-state index contributed by atoms with van der Waals surface area (Å²) >= 11 is 0. The number of carbonyl (C=O) groups is 2. The minimum absolute atomic E-state index is 0.115. The summed E-state index contributed by atoms with van der Waals surface area (Å²) in [5, 5.41) is 12.1. The standard InChI is InChI=1S/C23H23N3O5/c1-14-6-8-15(9-7-14)18(13-20(27)28)26-22(29)17-10-11-19(30-2)21(25-17)16-5-4-12-24-23(16)31-3/h4-12,18H,13H2,1-3H3,(H,26,29)(H,27,28). The fourth-order valence-electron chi connectivity index (χ4n) is 3.12. The molecule has 0 bridgehead atoms. The minimum Gasteiger partial charge on any atom is -0.494 e. The predicted octanol–water partition coefficient (Wildman–Crippen LogP) is 3.42. The predicted molar refractivity (Wildman–Crippen MR) is 114 cm³/mol. The van der Waals surface area contributed by atoms with Crippen molar-refractivity contribution in [2.45, 2.75) is 19.4 Å². The summed E-state index contributed by atoms with van der Waals surface area (Å²) in [4.78, 5) is 32.9. The number of carbonyl (C=O) groups excluding carboxylic acids is 1. The molecule has 0 fully saturated rings. The molecule has 0 aliphatic rings. The fourth-order valence-corrected chi connectivity index (χ4v) is 3.12. The molecular formula is C23H23N3O5. The SMILES string of the molecule is COc1ccc(C(=O)NC(CC(=O)O)c2ccc(C)cc2)nc1-c1cccnc1OC. The van der Waals surface area contributed by atoms with Gasteiger partial charge in [-0.1, -0.05) is 29.8 Å². The van der Waals surface area contributed by atoms with E-state index in [-0.39, 0.29) is 12.1 Å². The number of carboxylic acids is 1. The van der Waals surface area contributed by atoms with E-state index in [2.05, 4.69) is 15.3 Å². The highest BCUT2D eigenvalue weighted by Crippen LogP contribution is 2.33. The van der Waals surface area contributed by atoms with Crippen molar-refractivity contribution in [2.75, 3.05) is 14.2 Å². The number of ether oxygens (including phenoxy) is 2. The number of rotatable bonds is 8. The Kier molecular flexibility index (Phi) is 6.81. The number of hydrogen-bond acceptors (Lipinski definition) is 6. The highest BCUT2D eigenvalue weighted by atomic mass is 16.5. The Morgan fingerprint density at radius 3 is 2.45 bits per heavy atom. The van der Waals surface area contributed by atoms with E-state index in [1.165, 1.54) is 20.3 Å². The van der Waals surface area contributed by atoms with Crippen molar-refractivity contribution in [3.8, 4) is 22.9 Å². The molecule has 8 nitrogen and oxygen atoms in total. The van der Waals surface area contributed by atoms with Gasteiger partial charge in [-0.3, -0.25) is 9.59 Å². The van der Waals surface area contributed by atoms with E-state index >= 15 is 0 Å². The third kappa shape index (κ3) is 5.16. The maximum absolute atomic E-state index is 13.0. The van der Waals surface area contributed by atoms with Crippen LogP contribution >= 0.6 is 0 Å². The molecule has 2 aromatic heterocycles. The maximum atomic E-state index is 13.0. The number of aliphatic carboxylic acids is 1. The lowest BCUT2D eigenvalue weighted by Crippen LogP contribution is -2.31. The summed E-state index contributed by atoms with van der Waals surface area (Å²) in [5.74, 6) is -0.731. The molecule has 2 heterocycles. The second kappa shape index (κ2) is 9.71. The zero-order valence-electron chi connectivity index (χ0n) is 17.5. The van der Waals surface area contributed by atoms with Gasteiger partial charge in [0.2, 0.25) is 5.88 Å². The number of hydrogen-bond donors (Lipinski definition) is 2. The van der Waals surface area contributed by atoms with Crippen LogP contribution in [-0.2, 0) is 4.79 Å². The Morgan fingerprint density at radius 1 is 1.06 bits per heavy atom. The smallest absolute Gasteiger partial charge is 0.305 e. The topological polar surface area (TPSA) is 111 Å². The lowest BCUT2D eigenvalue weighted by molar-refractivity contribution is -0.137. The lowest BCUT2D eigenvalue weighted by atomic mass is 10.0. The van der Waals surface area contributed by atoms with Gasteiger partial charge in [-0.2, -0.15) is 0 Å². The first kappa shape index (κ1) is 21.8. The molecule has 31 heavy (non-hydrogen) atoms. The molecular weight excluding hydrogens is 398 g/mol. The monoisotopic (exact) mass is 421 g/mol. The van der Waals surface area contributed by atoms with E-state index in [9.17, 15) is 14.7 Å². The number of benzene rings is 1. The fraction of sp³-hybridized carbons (Fsp3) is 0.217. The first-order chi connectivity index (χ1) is 14.9. The Bertz CT molecular complexity index is 1080. The number of pyridine rings is 2. The van der Waals surface area contributed by atoms with E-state index in [1.54, 1.807) is 36.5 Å². The van der Waals surface area contributed by atoms with Crippen LogP contribution < -0.4 is 14.8 Å². The van der Waals surface area contributed by atoms with E-state index in [4.69, 9.17) is 9.47 Å². The van der Waals surface area contributed by atoms with Crippen molar-refractivity contribution in [3.63, 3.8) is 0 Å². The average Bonchev–Trinajstić information content (AvgIpc) is 2.78. The summed E-state index contributed by atoms with van der Waals surface area (Å²) in [6.07, 6.45) is 1.33. The van der Waals surface area contributed by atoms with Crippen LogP contribution in [0.15, 0.2) is 54.7 Å². The van der Waals surface area contributed by atoms with Crippen molar-refractivity contribution in [2.24, 2.45) is 0 Å². The van der Waals surface area contributed by atoms with Crippen molar-refractivity contribution < 1.29 is 24.2 Å². The van der Waals surface area contributed by atoms with E-state index < -0.39 is 17.9 Å². The van der Waals surface area contributed by atoms with Crippen LogP contribution in [0.3, 0.4) is 0 Å². The number of amides is 1. The number of nitrogens with one attached hydrogen (secondary N) is 1. The van der Waals surface area contributed by atoms with Crippen LogP contribution in [0.1, 0.15) is 34.1 Å². The first-order valence-corrected chi connectivity index (χ1v) is 9.56. The van der Waals surface area contributed by atoms with E-state index in [1.807, 2.05) is 19.1 Å². The van der Waals surface area contributed by atoms with Crippen molar-refractivity contribution in [1.82, 2.24) is 15.3 Å². The Hall–Kier alpha value is -3.94. The molecule has 0 aliphatic heterocycles. The normalized spacial score (nSPS) is 11.5. The molecule has 0 aliphatic carbocycles. The molecule has 3 aromatic rings. The molecule has 160 valence electrons. The molecule has 3 rings (SSSR count). The van der Waals surface area contributed by atoms with Gasteiger partial charge in [0.25, 0.3) is 5.91 Å². The maximum Gasteiger partial charge on any atom is 0.305 e. The van der Waals surface area contributed by atoms with Gasteiger partial charge in [0, 0.05) is 6.20 Å². The van der Waals surface area contributed by atoms with E-state index in [0.29, 0.717) is 28.5 Å². The van der Waals surface area contributed by atoms with Crippen LogP contribution in [0.2, 0.25) is 0 Å². The minimum atomic E-state index is -1.02. The van der Waals surface area contributed by atoms with Gasteiger partial charge < -0.3 is 19.9 Å². The molecule has 0 spiro atoms. The summed E-state index contributed by atoms with van der Waals surface area (Å²) in [6.45, 7) is 1.93. The van der Waals surface area contributed by atoms with Crippen molar-refractivity contribution in [3.05, 3.63) is 71.5 Å². The highest BCUT2D eigenvalue weighted by molar-refractivity contribution is 5.94. The Labute approximate surface area is 179 Å². The van der Waals surface area contributed by atoms with Gasteiger partial charge in [-0.05, 0) is 36.8 Å². The summed E-state index contributed by atoms with van der Waals surface area (Å²) in [5.41, 5.74) is 2.81. The quantitative estimate of drug-likeness (QED) is 0.573. The summed E-state index contributed by atoms with van der Waals surface area (Å²) in [7, 11) is 3.00. The molecule has 8 heteroatoms. The molecule has 1 unspecified atom stereocenters. The molecule has 1 amide bonds. The zero-order valence-corrected chi connectivity index (χ0v) is 17.5. The first-order valence-electron chi connectivity index (χ1n) is 9.56. The number of aromatic nitrogens is 2. The van der Waals surface area contributed by atoms with Crippen molar-refractivity contribution >= 4 is 11.9 Å².